The van der Waals surface area contributed by atoms with Gasteiger partial charge in [0, 0.05) is 31.5 Å². The van der Waals surface area contributed by atoms with E-state index in [0.717, 1.165) is 17.0 Å². The van der Waals surface area contributed by atoms with E-state index in [-0.39, 0.29) is 11.9 Å². The van der Waals surface area contributed by atoms with Crippen molar-refractivity contribution in [1.82, 2.24) is 25.0 Å². The van der Waals surface area contributed by atoms with Crippen LogP contribution in [0.25, 0.3) is 11.4 Å². The maximum atomic E-state index is 13.4. The number of benzene rings is 2. The Morgan fingerprint density at radius 2 is 1.81 bits per heavy atom. The van der Waals surface area contributed by atoms with E-state index in [9.17, 15) is 14.0 Å². The molecule has 3 amide bonds. The fourth-order valence-electron chi connectivity index (χ4n) is 3.50. The first-order chi connectivity index (χ1) is 15.2. The van der Waals surface area contributed by atoms with Gasteiger partial charge in [0.2, 0.25) is 0 Å². The van der Waals surface area contributed by atoms with Crippen LogP contribution in [0.3, 0.4) is 0 Å². The van der Waals surface area contributed by atoms with E-state index >= 15 is 0 Å². The molecule has 1 atom stereocenters. The van der Waals surface area contributed by atoms with Gasteiger partial charge in [-0.25, -0.2) is 9.18 Å². The van der Waals surface area contributed by atoms with Crippen molar-refractivity contribution in [2.45, 2.75) is 19.9 Å². The van der Waals surface area contributed by atoms with Crippen LogP contribution in [0.5, 0.6) is 0 Å². The third-order valence-corrected chi connectivity index (χ3v) is 5.53. The molecule has 0 bridgehead atoms. The highest BCUT2D eigenvalue weighted by atomic mass is 19.1. The minimum atomic E-state index is -0.704. The molecule has 9 heteroatoms. The fraction of sp³-hybridized carbons (Fsp3) is 0.217. The molecule has 0 aliphatic carbocycles. The van der Waals surface area contributed by atoms with E-state index in [1.165, 1.54) is 23.2 Å². The number of carbonyl (C=O) groups is 2. The van der Waals surface area contributed by atoms with Gasteiger partial charge in [0.05, 0.1) is 11.6 Å². The number of anilines is 1. The Morgan fingerprint density at radius 3 is 2.47 bits per heavy atom. The summed E-state index contributed by atoms with van der Waals surface area (Å²) in [7, 11) is 3.44. The van der Waals surface area contributed by atoms with Gasteiger partial charge in [0.25, 0.3) is 5.91 Å². The summed E-state index contributed by atoms with van der Waals surface area (Å²) in [6.45, 7) is 3.76. The molecule has 1 aliphatic heterocycles. The molecule has 2 heterocycles. The van der Waals surface area contributed by atoms with E-state index in [4.69, 9.17) is 0 Å². The minimum Gasteiger partial charge on any atom is -0.327 e. The van der Waals surface area contributed by atoms with Crippen LogP contribution in [0, 0.1) is 19.7 Å². The summed E-state index contributed by atoms with van der Waals surface area (Å²) in [5, 5.41) is 14.0. The zero-order chi connectivity index (χ0) is 23.0. The van der Waals surface area contributed by atoms with Gasteiger partial charge >= 0.3 is 6.03 Å². The Bertz CT molecular complexity index is 1230. The Hall–Kier alpha value is -4.01. The molecule has 4 rings (SSSR count). The SMILES string of the molecule is Cc1ccc(-c2nnc(C)n2C)cc1NC(=O)C1=CN(C)C(=O)NC1c1ccc(F)cc1. The Morgan fingerprint density at radius 1 is 1.09 bits per heavy atom. The predicted octanol–water partition coefficient (Wildman–Crippen LogP) is 3.46. The van der Waals surface area contributed by atoms with Crippen LogP contribution in [0.4, 0.5) is 14.9 Å². The molecule has 3 aromatic rings. The zero-order valence-corrected chi connectivity index (χ0v) is 18.2. The molecular formula is C23H23FN6O2. The van der Waals surface area contributed by atoms with Gasteiger partial charge in [0.1, 0.15) is 11.6 Å². The first-order valence-electron chi connectivity index (χ1n) is 10.0. The van der Waals surface area contributed by atoms with Gasteiger partial charge in [-0.3, -0.25) is 4.79 Å². The van der Waals surface area contributed by atoms with Gasteiger partial charge in [-0.05, 0) is 43.2 Å². The van der Waals surface area contributed by atoms with Crippen molar-refractivity contribution in [3.05, 3.63) is 77.0 Å². The molecule has 8 nitrogen and oxygen atoms in total. The topological polar surface area (TPSA) is 92.2 Å². The lowest BCUT2D eigenvalue weighted by molar-refractivity contribution is -0.113. The molecule has 1 aromatic heterocycles. The quantitative estimate of drug-likeness (QED) is 0.658. The molecule has 0 spiro atoms. The molecule has 2 aromatic carbocycles. The summed E-state index contributed by atoms with van der Waals surface area (Å²) in [4.78, 5) is 26.8. The van der Waals surface area contributed by atoms with E-state index in [1.807, 2.05) is 43.7 Å². The average Bonchev–Trinajstić information content (AvgIpc) is 3.10. The Labute approximate surface area is 184 Å². The standard InChI is InChI=1S/C23H23FN6O2/c1-13-5-6-16(21-28-27-14(2)30(21)4)11-19(13)25-22(31)18-12-29(3)23(32)26-20(18)15-7-9-17(24)10-8-15/h5-12,20H,1-4H3,(H,25,31)(H,26,32). The highest BCUT2D eigenvalue weighted by molar-refractivity contribution is 6.06. The molecule has 2 N–H and O–H groups in total. The number of hydrogen-bond acceptors (Lipinski definition) is 4. The van der Waals surface area contributed by atoms with Crippen molar-refractivity contribution in [3.63, 3.8) is 0 Å². The first kappa shape index (κ1) is 21.2. The largest absolute Gasteiger partial charge is 0.327 e. The molecule has 0 saturated heterocycles. The number of urea groups is 1. The Kier molecular flexibility index (Phi) is 5.48. The Balaban J connectivity index is 1.66. The summed E-state index contributed by atoms with van der Waals surface area (Å²) in [6, 6.07) is 10.3. The lowest BCUT2D eigenvalue weighted by atomic mass is 9.97. The summed E-state index contributed by atoms with van der Waals surface area (Å²) in [6.07, 6.45) is 1.49. The average molecular weight is 434 g/mol. The first-order valence-corrected chi connectivity index (χ1v) is 10.0. The van der Waals surface area contributed by atoms with Crippen molar-refractivity contribution >= 4 is 17.6 Å². The van der Waals surface area contributed by atoms with Gasteiger partial charge in [0.15, 0.2) is 5.82 Å². The zero-order valence-electron chi connectivity index (χ0n) is 18.2. The number of rotatable bonds is 4. The second-order valence-corrected chi connectivity index (χ2v) is 7.74. The van der Waals surface area contributed by atoms with Crippen LogP contribution in [-0.2, 0) is 11.8 Å². The van der Waals surface area contributed by atoms with Gasteiger partial charge in [-0.15, -0.1) is 10.2 Å². The van der Waals surface area contributed by atoms with Crippen molar-refractivity contribution in [1.29, 1.82) is 0 Å². The molecular weight excluding hydrogens is 411 g/mol. The highest BCUT2D eigenvalue weighted by Gasteiger charge is 2.30. The van der Waals surface area contributed by atoms with E-state index in [1.54, 1.807) is 19.2 Å². The fourth-order valence-corrected chi connectivity index (χ4v) is 3.50. The van der Waals surface area contributed by atoms with Crippen LogP contribution in [-0.4, -0.2) is 38.7 Å². The van der Waals surface area contributed by atoms with Crippen LogP contribution >= 0.6 is 0 Å². The number of hydrogen-bond donors (Lipinski definition) is 2. The van der Waals surface area contributed by atoms with E-state index < -0.39 is 11.9 Å². The number of nitrogens with zero attached hydrogens (tertiary/aromatic N) is 4. The molecule has 0 saturated carbocycles. The third kappa shape index (κ3) is 3.96. The number of aromatic nitrogens is 3. The lowest BCUT2D eigenvalue weighted by Gasteiger charge is -2.30. The predicted molar refractivity (Wildman–Crippen MR) is 118 cm³/mol. The molecule has 1 aliphatic rings. The van der Waals surface area contributed by atoms with Gasteiger partial charge in [-0.1, -0.05) is 24.3 Å². The number of nitrogens with one attached hydrogen (secondary N) is 2. The molecule has 32 heavy (non-hydrogen) atoms. The van der Waals surface area contributed by atoms with Crippen molar-refractivity contribution in [2.24, 2.45) is 7.05 Å². The van der Waals surface area contributed by atoms with Crippen molar-refractivity contribution in [3.8, 4) is 11.4 Å². The number of aryl methyl sites for hydroxylation is 2. The van der Waals surface area contributed by atoms with Crippen molar-refractivity contribution in [2.75, 3.05) is 12.4 Å². The third-order valence-electron chi connectivity index (χ3n) is 5.53. The summed E-state index contributed by atoms with van der Waals surface area (Å²) in [5.41, 5.74) is 3.24. The molecule has 0 radical (unpaired) electrons. The van der Waals surface area contributed by atoms with Gasteiger partial charge < -0.3 is 20.1 Å². The maximum absolute atomic E-state index is 13.4. The van der Waals surface area contributed by atoms with Crippen LogP contribution in [0.15, 0.2) is 54.2 Å². The smallest absolute Gasteiger partial charge is 0.321 e. The molecule has 0 fully saturated rings. The minimum absolute atomic E-state index is 0.331. The summed E-state index contributed by atoms with van der Waals surface area (Å²) < 4.78 is 15.3. The van der Waals surface area contributed by atoms with E-state index in [2.05, 4.69) is 20.8 Å². The second kappa shape index (κ2) is 8.26. The maximum Gasteiger partial charge on any atom is 0.321 e. The highest BCUT2D eigenvalue weighted by Crippen LogP contribution is 2.29. The number of carbonyl (C=O) groups excluding carboxylic acids is 2. The number of amides is 3. The summed E-state index contributed by atoms with van der Waals surface area (Å²) in [5.74, 6) is 0.695. The molecule has 164 valence electrons. The lowest BCUT2D eigenvalue weighted by Crippen LogP contribution is -2.44. The van der Waals surface area contributed by atoms with Crippen LogP contribution < -0.4 is 10.6 Å². The van der Waals surface area contributed by atoms with Crippen molar-refractivity contribution < 1.29 is 14.0 Å². The van der Waals surface area contributed by atoms with Crippen LogP contribution in [0.1, 0.15) is 23.0 Å². The number of halogens is 1. The van der Waals surface area contributed by atoms with Gasteiger partial charge in [-0.2, -0.15) is 0 Å². The summed E-state index contributed by atoms with van der Waals surface area (Å²) >= 11 is 0. The monoisotopic (exact) mass is 434 g/mol. The normalized spacial score (nSPS) is 15.9. The van der Waals surface area contributed by atoms with E-state index in [0.29, 0.717) is 22.6 Å². The second-order valence-electron chi connectivity index (χ2n) is 7.74. The van der Waals surface area contributed by atoms with Crippen LogP contribution in [0.2, 0.25) is 0 Å². The molecule has 1 unspecified atom stereocenters.